The van der Waals surface area contributed by atoms with Gasteiger partial charge in [0, 0.05) is 19.4 Å². The van der Waals surface area contributed by atoms with E-state index in [-0.39, 0.29) is 11.9 Å². The third-order valence-corrected chi connectivity index (χ3v) is 3.47. The monoisotopic (exact) mass is 319 g/mol. The molecule has 0 fully saturated rings. The molecular formula is C14H14BrN3O. The highest BCUT2D eigenvalue weighted by atomic mass is 79.9. The van der Waals surface area contributed by atoms with Crippen molar-refractivity contribution < 1.29 is 4.79 Å². The molecule has 1 amide bonds. The second-order valence-electron chi connectivity index (χ2n) is 4.22. The van der Waals surface area contributed by atoms with Crippen molar-refractivity contribution in [1.82, 2.24) is 14.9 Å². The predicted molar refractivity (Wildman–Crippen MR) is 76.7 cm³/mol. The molecule has 2 rings (SSSR count). The van der Waals surface area contributed by atoms with E-state index in [2.05, 4.69) is 25.9 Å². The summed E-state index contributed by atoms with van der Waals surface area (Å²) in [5.41, 5.74) is 1.47. The highest BCUT2D eigenvalue weighted by molar-refractivity contribution is 9.10. The minimum atomic E-state index is -0.106. The summed E-state index contributed by atoms with van der Waals surface area (Å²) in [7, 11) is 1.77. The van der Waals surface area contributed by atoms with E-state index in [1.54, 1.807) is 42.5 Å². The maximum absolute atomic E-state index is 12.3. The molecule has 0 aliphatic carbocycles. The maximum Gasteiger partial charge on any atom is 0.272 e. The van der Waals surface area contributed by atoms with Crippen LogP contribution in [-0.2, 0) is 0 Å². The summed E-state index contributed by atoms with van der Waals surface area (Å²) in [4.78, 5) is 22.2. The third-order valence-electron chi connectivity index (χ3n) is 3.02. The molecule has 0 saturated heterocycles. The number of halogens is 1. The fourth-order valence-electron chi connectivity index (χ4n) is 1.75. The highest BCUT2D eigenvalue weighted by Gasteiger charge is 2.19. The van der Waals surface area contributed by atoms with Crippen LogP contribution in [0.15, 0.2) is 47.3 Å². The molecule has 0 spiro atoms. The Morgan fingerprint density at radius 2 is 1.95 bits per heavy atom. The average molecular weight is 320 g/mol. The van der Waals surface area contributed by atoms with Gasteiger partial charge in [0.25, 0.3) is 5.91 Å². The van der Waals surface area contributed by atoms with Crippen LogP contribution in [0.2, 0.25) is 0 Å². The second kappa shape index (κ2) is 5.93. The summed E-state index contributed by atoms with van der Waals surface area (Å²) < 4.78 is 0.656. The number of hydrogen-bond acceptors (Lipinski definition) is 3. The van der Waals surface area contributed by atoms with Gasteiger partial charge in [0.15, 0.2) is 0 Å². The molecule has 0 aliphatic heterocycles. The molecule has 98 valence electrons. The van der Waals surface area contributed by atoms with Gasteiger partial charge in [-0.2, -0.15) is 0 Å². The first-order chi connectivity index (χ1) is 9.09. The first kappa shape index (κ1) is 13.7. The van der Waals surface area contributed by atoms with Gasteiger partial charge >= 0.3 is 0 Å². The zero-order valence-electron chi connectivity index (χ0n) is 10.7. The molecule has 0 N–H and O–H groups in total. The van der Waals surface area contributed by atoms with Crippen LogP contribution in [0.3, 0.4) is 0 Å². The van der Waals surface area contributed by atoms with Crippen molar-refractivity contribution in [1.29, 1.82) is 0 Å². The summed E-state index contributed by atoms with van der Waals surface area (Å²) in [6.45, 7) is 1.98. The zero-order valence-corrected chi connectivity index (χ0v) is 12.3. The van der Waals surface area contributed by atoms with Crippen LogP contribution in [0.25, 0.3) is 0 Å². The van der Waals surface area contributed by atoms with Crippen LogP contribution in [-0.4, -0.2) is 27.8 Å². The molecule has 2 heterocycles. The Hall–Kier alpha value is -1.75. The summed E-state index contributed by atoms with van der Waals surface area (Å²) >= 11 is 3.27. The number of nitrogens with zero attached hydrogens (tertiary/aromatic N) is 3. The molecule has 1 unspecified atom stereocenters. The van der Waals surface area contributed by atoms with E-state index in [4.69, 9.17) is 0 Å². The van der Waals surface area contributed by atoms with E-state index in [0.29, 0.717) is 10.3 Å². The molecule has 0 aliphatic rings. The van der Waals surface area contributed by atoms with E-state index < -0.39 is 0 Å². The quantitative estimate of drug-likeness (QED) is 0.817. The smallest absolute Gasteiger partial charge is 0.272 e. The number of aromatic nitrogens is 2. The Balaban J connectivity index is 2.20. The second-order valence-corrected chi connectivity index (χ2v) is 5.03. The van der Waals surface area contributed by atoms with Gasteiger partial charge < -0.3 is 4.90 Å². The van der Waals surface area contributed by atoms with Crippen molar-refractivity contribution in [2.45, 2.75) is 13.0 Å². The minimum absolute atomic E-state index is 0.0312. The van der Waals surface area contributed by atoms with Crippen LogP contribution < -0.4 is 0 Å². The molecule has 19 heavy (non-hydrogen) atoms. The molecule has 0 bridgehead atoms. The van der Waals surface area contributed by atoms with E-state index in [9.17, 15) is 4.79 Å². The van der Waals surface area contributed by atoms with Crippen LogP contribution >= 0.6 is 15.9 Å². The predicted octanol–water partition coefficient (Wildman–Crippen LogP) is 3.07. The number of hydrogen-bond donors (Lipinski definition) is 0. The standard InChI is InChI=1S/C14H14BrN3O/c1-10(11-6-8-16-9-7-11)18(2)14(19)12-4-3-5-13(15)17-12/h3-10H,1-2H3. The molecule has 1 atom stereocenters. The number of carbonyl (C=O) groups excluding carboxylic acids is 1. The summed E-state index contributed by atoms with van der Waals surface area (Å²) in [5, 5.41) is 0. The first-order valence-corrected chi connectivity index (χ1v) is 6.68. The van der Waals surface area contributed by atoms with Gasteiger partial charge in [-0.05, 0) is 52.7 Å². The van der Waals surface area contributed by atoms with Gasteiger partial charge in [0.1, 0.15) is 10.3 Å². The van der Waals surface area contributed by atoms with Crippen LogP contribution in [0, 0.1) is 0 Å². The normalized spacial score (nSPS) is 11.9. The van der Waals surface area contributed by atoms with Crippen molar-refractivity contribution >= 4 is 21.8 Å². The molecule has 0 radical (unpaired) electrons. The average Bonchev–Trinajstić information content (AvgIpc) is 2.46. The number of carbonyl (C=O) groups is 1. The lowest BCUT2D eigenvalue weighted by Gasteiger charge is -2.24. The van der Waals surface area contributed by atoms with Crippen molar-refractivity contribution in [3.8, 4) is 0 Å². The largest absolute Gasteiger partial charge is 0.334 e. The fraction of sp³-hybridized carbons (Fsp3) is 0.214. The maximum atomic E-state index is 12.3. The summed E-state index contributed by atoms with van der Waals surface area (Å²) in [6, 6.07) is 9.09. The van der Waals surface area contributed by atoms with Crippen LogP contribution in [0.5, 0.6) is 0 Å². The lowest BCUT2D eigenvalue weighted by atomic mass is 10.1. The van der Waals surface area contributed by atoms with Gasteiger partial charge in [-0.15, -0.1) is 0 Å². The van der Waals surface area contributed by atoms with Gasteiger partial charge in [-0.1, -0.05) is 6.07 Å². The highest BCUT2D eigenvalue weighted by Crippen LogP contribution is 2.19. The lowest BCUT2D eigenvalue weighted by molar-refractivity contribution is 0.0736. The minimum Gasteiger partial charge on any atom is -0.334 e. The Kier molecular flexibility index (Phi) is 4.27. The van der Waals surface area contributed by atoms with E-state index in [1.165, 1.54) is 0 Å². The molecular weight excluding hydrogens is 306 g/mol. The fourth-order valence-corrected chi connectivity index (χ4v) is 2.09. The molecule has 2 aromatic rings. The van der Waals surface area contributed by atoms with Gasteiger partial charge in [-0.25, -0.2) is 4.98 Å². The topological polar surface area (TPSA) is 46.1 Å². The number of amides is 1. The van der Waals surface area contributed by atoms with Gasteiger partial charge in [-0.3, -0.25) is 9.78 Å². The first-order valence-electron chi connectivity index (χ1n) is 5.89. The van der Waals surface area contributed by atoms with E-state index in [1.807, 2.05) is 19.1 Å². The number of rotatable bonds is 3. The van der Waals surface area contributed by atoms with Crippen molar-refractivity contribution in [2.75, 3.05) is 7.05 Å². The molecule has 0 aromatic carbocycles. The summed E-state index contributed by atoms with van der Waals surface area (Å²) in [6.07, 6.45) is 3.45. The lowest BCUT2D eigenvalue weighted by Crippen LogP contribution is -2.30. The SMILES string of the molecule is CC(c1ccncc1)N(C)C(=O)c1cccc(Br)n1. The Bertz CT molecular complexity index is 574. The molecule has 2 aromatic heterocycles. The van der Waals surface area contributed by atoms with Crippen molar-refractivity contribution in [2.24, 2.45) is 0 Å². The number of pyridine rings is 2. The van der Waals surface area contributed by atoms with Gasteiger partial charge in [0.2, 0.25) is 0 Å². The Morgan fingerprint density at radius 3 is 2.58 bits per heavy atom. The molecule has 5 heteroatoms. The van der Waals surface area contributed by atoms with Crippen LogP contribution in [0.4, 0.5) is 0 Å². The molecule has 4 nitrogen and oxygen atoms in total. The van der Waals surface area contributed by atoms with Crippen LogP contribution in [0.1, 0.15) is 29.0 Å². The Morgan fingerprint density at radius 1 is 1.26 bits per heavy atom. The van der Waals surface area contributed by atoms with E-state index >= 15 is 0 Å². The van der Waals surface area contributed by atoms with E-state index in [0.717, 1.165) is 5.56 Å². The van der Waals surface area contributed by atoms with Crippen molar-refractivity contribution in [3.05, 3.63) is 58.6 Å². The van der Waals surface area contributed by atoms with Crippen molar-refractivity contribution in [3.63, 3.8) is 0 Å². The Labute approximate surface area is 120 Å². The summed E-state index contributed by atoms with van der Waals surface area (Å²) in [5.74, 6) is -0.106. The third kappa shape index (κ3) is 3.17. The van der Waals surface area contributed by atoms with Gasteiger partial charge in [0.05, 0.1) is 6.04 Å². The molecule has 0 saturated carbocycles. The zero-order chi connectivity index (χ0) is 13.8.